The Balaban J connectivity index is 1.40. The summed E-state index contributed by atoms with van der Waals surface area (Å²) in [5, 5.41) is 20.1. The lowest BCUT2D eigenvalue weighted by Gasteiger charge is -2.31. The summed E-state index contributed by atoms with van der Waals surface area (Å²) in [5.41, 5.74) is 3.56. The van der Waals surface area contributed by atoms with Gasteiger partial charge in [-0.2, -0.15) is 0 Å². The molecule has 0 spiro atoms. The smallest absolute Gasteiger partial charge is 0.150 e. The zero-order valence-corrected chi connectivity index (χ0v) is 21.0. The first-order chi connectivity index (χ1) is 17.8. The molecule has 2 aliphatic heterocycles. The quantitative estimate of drug-likeness (QED) is 0.390. The molecule has 3 atom stereocenters. The Morgan fingerprint density at radius 1 is 1.05 bits per heavy atom. The van der Waals surface area contributed by atoms with Gasteiger partial charge in [0.25, 0.3) is 0 Å². The molecule has 0 aliphatic carbocycles. The lowest BCUT2D eigenvalue weighted by molar-refractivity contribution is 0.165. The minimum atomic E-state index is -0.562. The monoisotopic (exact) mass is 507 g/mol. The zero-order valence-electron chi connectivity index (χ0n) is 21.0. The van der Waals surface area contributed by atoms with E-state index >= 15 is 0 Å². The van der Waals surface area contributed by atoms with Crippen molar-refractivity contribution in [3.63, 3.8) is 0 Å². The van der Waals surface area contributed by atoms with Gasteiger partial charge in [0, 0.05) is 35.7 Å². The molecule has 1 unspecified atom stereocenters. The highest BCUT2D eigenvalue weighted by atomic mass is 19.1. The van der Waals surface area contributed by atoms with Crippen LogP contribution in [0.15, 0.2) is 60.7 Å². The average Bonchev–Trinajstić information content (AvgIpc) is 3.37. The Hall–Kier alpha value is -3.58. The molecule has 194 valence electrons. The molecule has 0 saturated carbocycles. The van der Waals surface area contributed by atoms with Crippen LogP contribution in [0.1, 0.15) is 43.1 Å². The van der Waals surface area contributed by atoms with Crippen LogP contribution >= 0.6 is 0 Å². The van der Waals surface area contributed by atoms with Crippen LogP contribution in [-0.4, -0.2) is 47.5 Å². The van der Waals surface area contributed by atoms with Crippen LogP contribution in [0.2, 0.25) is 0 Å². The molecular weight excluding hydrogens is 476 g/mol. The van der Waals surface area contributed by atoms with Gasteiger partial charge >= 0.3 is 0 Å². The average molecular weight is 508 g/mol. The van der Waals surface area contributed by atoms with E-state index in [1.54, 1.807) is 18.2 Å². The molecule has 5 rings (SSSR count). The van der Waals surface area contributed by atoms with Crippen molar-refractivity contribution in [1.82, 2.24) is 4.90 Å². The molecule has 1 fully saturated rings. The largest absolute Gasteiger partial charge is 0.508 e. The van der Waals surface area contributed by atoms with Crippen LogP contribution < -0.4 is 9.47 Å². The minimum Gasteiger partial charge on any atom is -0.508 e. The Bertz CT molecular complexity index is 1290. The summed E-state index contributed by atoms with van der Waals surface area (Å²) in [5.74, 6) is 0.817. The van der Waals surface area contributed by atoms with E-state index in [2.05, 4.69) is 11.8 Å². The normalized spacial score (nSPS) is 20.4. The Labute approximate surface area is 215 Å². The van der Waals surface area contributed by atoms with Gasteiger partial charge in [-0.25, -0.2) is 4.39 Å². The van der Waals surface area contributed by atoms with Crippen LogP contribution in [0.4, 0.5) is 8.78 Å². The van der Waals surface area contributed by atoms with Gasteiger partial charge in [-0.15, -0.1) is 0 Å². The highest BCUT2D eigenvalue weighted by Gasteiger charge is 2.30. The molecule has 37 heavy (non-hydrogen) atoms. The Kier molecular flexibility index (Phi) is 7.07. The Morgan fingerprint density at radius 3 is 2.54 bits per heavy atom. The number of phenolic OH excluding ortho intramolecular Hbond substituents is 2. The first kappa shape index (κ1) is 25.1. The van der Waals surface area contributed by atoms with E-state index < -0.39 is 11.9 Å². The standard InChI is InChI=1S/C30H31F2NO4/c1-18(33-10-9-20(15-31)16-33)17-36-26-6-3-21(4-7-26)30-29(22-11-23(32)13-25(35)12-22)19(2)27-14-24(34)5-8-28(27)37-30/h3-8,11-14,18,20,30,34-35H,9-10,15-17H2,1-2H3/t18-,20-,30?/m0/s1. The second-order valence-corrected chi connectivity index (χ2v) is 9.95. The second-order valence-electron chi connectivity index (χ2n) is 9.95. The molecule has 7 heteroatoms. The number of benzene rings is 3. The lowest BCUT2D eigenvalue weighted by Crippen LogP contribution is -2.35. The molecule has 1 saturated heterocycles. The van der Waals surface area contributed by atoms with Gasteiger partial charge in [0.05, 0.1) is 6.67 Å². The molecule has 0 bridgehead atoms. The number of hydrogen-bond acceptors (Lipinski definition) is 5. The Morgan fingerprint density at radius 2 is 1.84 bits per heavy atom. The van der Waals surface area contributed by atoms with Crippen LogP contribution in [0.25, 0.3) is 11.1 Å². The maximum absolute atomic E-state index is 14.3. The van der Waals surface area contributed by atoms with E-state index in [-0.39, 0.29) is 30.1 Å². The molecule has 0 aromatic heterocycles. The SMILES string of the molecule is CC1=C(c2cc(O)cc(F)c2)C(c2ccc(OC[C@H](C)N3CC[C@@H](CF)C3)cc2)Oc2ccc(O)cc21. The number of allylic oxidation sites excluding steroid dienone is 1. The summed E-state index contributed by atoms with van der Waals surface area (Å²) in [6, 6.07) is 16.6. The third-order valence-electron chi connectivity index (χ3n) is 7.30. The van der Waals surface area contributed by atoms with E-state index in [9.17, 15) is 19.0 Å². The van der Waals surface area contributed by atoms with Gasteiger partial charge in [0.2, 0.25) is 0 Å². The van der Waals surface area contributed by atoms with E-state index in [0.29, 0.717) is 34.8 Å². The summed E-state index contributed by atoms with van der Waals surface area (Å²) in [6.45, 7) is 5.88. The van der Waals surface area contributed by atoms with Gasteiger partial charge in [-0.3, -0.25) is 9.29 Å². The molecule has 2 aliphatic rings. The van der Waals surface area contributed by atoms with E-state index in [1.165, 1.54) is 12.1 Å². The van der Waals surface area contributed by atoms with Crippen LogP contribution in [-0.2, 0) is 0 Å². The number of hydrogen-bond donors (Lipinski definition) is 2. The fourth-order valence-corrected chi connectivity index (χ4v) is 5.22. The predicted molar refractivity (Wildman–Crippen MR) is 139 cm³/mol. The first-order valence-electron chi connectivity index (χ1n) is 12.6. The van der Waals surface area contributed by atoms with Crippen molar-refractivity contribution in [3.8, 4) is 23.0 Å². The number of halogens is 2. The van der Waals surface area contributed by atoms with Crippen LogP contribution in [0, 0.1) is 11.7 Å². The highest BCUT2D eigenvalue weighted by Crippen LogP contribution is 2.48. The minimum absolute atomic E-state index is 0.103. The van der Waals surface area contributed by atoms with Crippen molar-refractivity contribution >= 4 is 11.1 Å². The molecular formula is C30H31F2NO4. The summed E-state index contributed by atoms with van der Waals surface area (Å²) in [4.78, 5) is 2.26. The third-order valence-corrected chi connectivity index (χ3v) is 7.30. The number of fused-ring (bicyclic) bond motifs is 1. The van der Waals surface area contributed by atoms with Crippen molar-refractivity contribution in [1.29, 1.82) is 0 Å². The van der Waals surface area contributed by atoms with E-state index in [0.717, 1.165) is 36.7 Å². The van der Waals surface area contributed by atoms with Gasteiger partial charge in [0.15, 0.2) is 0 Å². The maximum Gasteiger partial charge on any atom is 0.150 e. The topological polar surface area (TPSA) is 62.2 Å². The number of likely N-dealkylation sites (tertiary alicyclic amines) is 1. The number of rotatable bonds is 7. The first-order valence-corrected chi connectivity index (χ1v) is 12.6. The number of ether oxygens (including phenoxy) is 2. The molecule has 3 aromatic carbocycles. The highest BCUT2D eigenvalue weighted by molar-refractivity contribution is 5.95. The summed E-state index contributed by atoms with van der Waals surface area (Å²) in [7, 11) is 0. The molecule has 2 N–H and O–H groups in total. The number of aromatic hydroxyl groups is 2. The second kappa shape index (κ2) is 10.4. The molecule has 0 amide bonds. The predicted octanol–water partition coefficient (Wildman–Crippen LogP) is 6.36. The summed E-state index contributed by atoms with van der Waals surface area (Å²) in [6.07, 6.45) is 0.325. The van der Waals surface area contributed by atoms with Gasteiger partial charge in [0.1, 0.15) is 41.5 Å². The van der Waals surface area contributed by atoms with Crippen molar-refractivity contribution in [3.05, 3.63) is 83.2 Å². The van der Waals surface area contributed by atoms with Gasteiger partial charge in [-0.05, 0) is 86.0 Å². The lowest BCUT2D eigenvalue weighted by atomic mass is 9.86. The molecule has 5 nitrogen and oxygen atoms in total. The fraction of sp³-hybridized carbons (Fsp3) is 0.333. The molecule has 3 aromatic rings. The van der Waals surface area contributed by atoms with Crippen LogP contribution in [0.5, 0.6) is 23.0 Å². The molecule has 2 heterocycles. The van der Waals surface area contributed by atoms with Crippen LogP contribution in [0.3, 0.4) is 0 Å². The summed E-state index contributed by atoms with van der Waals surface area (Å²) >= 11 is 0. The fourth-order valence-electron chi connectivity index (χ4n) is 5.22. The molecule has 0 radical (unpaired) electrons. The van der Waals surface area contributed by atoms with Crippen molar-refractivity contribution < 1.29 is 28.5 Å². The van der Waals surface area contributed by atoms with Gasteiger partial charge in [-0.1, -0.05) is 12.1 Å². The van der Waals surface area contributed by atoms with Crippen molar-refractivity contribution in [2.75, 3.05) is 26.4 Å². The van der Waals surface area contributed by atoms with Gasteiger partial charge < -0.3 is 19.7 Å². The zero-order chi connectivity index (χ0) is 26.1. The number of nitrogens with zero attached hydrogens (tertiary/aromatic N) is 1. The maximum atomic E-state index is 14.3. The number of phenols is 2. The number of alkyl halides is 1. The van der Waals surface area contributed by atoms with E-state index in [4.69, 9.17) is 9.47 Å². The van der Waals surface area contributed by atoms with Crippen molar-refractivity contribution in [2.24, 2.45) is 5.92 Å². The third kappa shape index (κ3) is 5.27. The van der Waals surface area contributed by atoms with Crippen molar-refractivity contribution in [2.45, 2.75) is 32.4 Å². The van der Waals surface area contributed by atoms with E-state index in [1.807, 2.05) is 31.2 Å². The summed E-state index contributed by atoms with van der Waals surface area (Å²) < 4.78 is 39.6.